The van der Waals surface area contributed by atoms with Gasteiger partial charge in [-0.15, -0.1) is 0 Å². The normalized spacial score (nSPS) is 13.5. The Morgan fingerprint density at radius 2 is 1.06 bits per heavy atom. The Balaban J connectivity index is 1.11. The molecule has 258 valence electrons. The van der Waals surface area contributed by atoms with Gasteiger partial charge in [0.05, 0.1) is 22.2 Å². The van der Waals surface area contributed by atoms with Crippen molar-refractivity contribution < 1.29 is 0 Å². The largest absolute Gasteiger partial charge is 0.386 e. The van der Waals surface area contributed by atoms with E-state index >= 15 is 0 Å². The molecule has 0 bridgehead atoms. The standard InChI is InChI=1S/C51H39N3/c1-3-4-5-16-39-34(2)53(47-24-13-10-17-40(39)47)38-29-27-35(28-30-38)36-31-37(33-52-32-36)50-43-20-6-8-22-45(43)51(46-23-9-7-21-44(46)50)54-48-25-14-11-18-41(48)42-19-12-15-26-49(42)54/h3-31,33,52H,32H2,1-2H3/b4-3-,16-5-. The average Bonchev–Trinajstić information content (AvgIpc) is 3.71. The Labute approximate surface area is 315 Å². The van der Waals surface area contributed by atoms with Crippen molar-refractivity contribution in [3.05, 3.63) is 198 Å². The van der Waals surface area contributed by atoms with Crippen LogP contribution in [-0.4, -0.2) is 15.7 Å². The fourth-order valence-corrected chi connectivity index (χ4v) is 8.72. The number of allylic oxidation sites excluding steroid dienone is 5. The van der Waals surface area contributed by atoms with Crippen LogP contribution < -0.4 is 5.32 Å². The fourth-order valence-electron chi connectivity index (χ4n) is 8.72. The van der Waals surface area contributed by atoms with Crippen molar-refractivity contribution in [1.29, 1.82) is 0 Å². The molecule has 9 aromatic rings. The van der Waals surface area contributed by atoms with Crippen LogP contribution >= 0.6 is 0 Å². The lowest BCUT2D eigenvalue weighted by atomic mass is 9.88. The minimum Gasteiger partial charge on any atom is -0.386 e. The summed E-state index contributed by atoms with van der Waals surface area (Å²) in [4.78, 5) is 0. The van der Waals surface area contributed by atoms with Crippen LogP contribution in [0.1, 0.15) is 29.3 Å². The fraction of sp³-hybridized carbons (Fsp3) is 0.0588. The summed E-state index contributed by atoms with van der Waals surface area (Å²) in [6.45, 7) is 5.03. The lowest BCUT2D eigenvalue weighted by Gasteiger charge is -2.22. The zero-order chi connectivity index (χ0) is 36.2. The van der Waals surface area contributed by atoms with E-state index in [9.17, 15) is 0 Å². The Hall–Kier alpha value is -6.84. The summed E-state index contributed by atoms with van der Waals surface area (Å²) in [5.74, 6) is 0. The summed E-state index contributed by atoms with van der Waals surface area (Å²) in [7, 11) is 0. The molecule has 0 fully saturated rings. The van der Waals surface area contributed by atoms with E-state index in [1.807, 2.05) is 6.92 Å². The highest BCUT2D eigenvalue weighted by Gasteiger charge is 2.22. The lowest BCUT2D eigenvalue weighted by Crippen LogP contribution is -2.14. The maximum Gasteiger partial charge on any atom is 0.0619 e. The summed E-state index contributed by atoms with van der Waals surface area (Å²) in [5.41, 5.74) is 13.4. The molecule has 1 aliphatic heterocycles. The predicted octanol–water partition coefficient (Wildman–Crippen LogP) is 13.0. The highest BCUT2D eigenvalue weighted by Crippen LogP contribution is 2.43. The number of para-hydroxylation sites is 3. The van der Waals surface area contributed by atoms with Crippen LogP contribution in [0.5, 0.6) is 0 Å². The van der Waals surface area contributed by atoms with Crippen LogP contribution in [0.3, 0.4) is 0 Å². The maximum atomic E-state index is 3.66. The van der Waals surface area contributed by atoms with Crippen molar-refractivity contribution in [2.45, 2.75) is 13.8 Å². The van der Waals surface area contributed by atoms with E-state index in [1.165, 1.54) is 93.5 Å². The Kier molecular flexibility index (Phi) is 7.66. The molecule has 0 atom stereocenters. The van der Waals surface area contributed by atoms with E-state index in [-0.39, 0.29) is 0 Å². The molecule has 0 radical (unpaired) electrons. The van der Waals surface area contributed by atoms with Crippen molar-refractivity contribution >= 4 is 71.5 Å². The molecule has 54 heavy (non-hydrogen) atoms. The smallest absolute Gasteiger partial charge is 0.0619 e. The monoisotopic (exact) mass is 693 g/mol. The van der Waals surface area contributed by atoms with Crippen LogP contribution in [0.25, 0.3) is 82.9 Å². The number of fused-ring (bicyclic) bond motifs is 6. The molecule has 10 rings (SSSR count). The van der Waals surface area contributed by atoms with E-state index in [0.29, 0.717) is 0 Å². The number of benzene rings is 7. The molecule has 3 heterocycles. The van der Waals surface area contributed by atoms with E-state index in [0.717, 1.165) is 12.2 Å². The summed E-state index contributed by atoms with van der Waals surface area (Å²) in [5, 5.41) is 12.4. The molecular weight excluding hydrogens is 655 g/mol. The first-order valence-corrected chi connectivity index (χ1v) is 18.8. The van der Waals surface area contributed by atoms with Crippen molar-refractivity contribution in [3.8, 4) is 11.4 Å². The van der Waals surface area contributed by atoms with Gasteiger partial charge >= 0.3 is 0 Å². The molecular formula is C51H39N3. The van der Waals surface area contributed by atoms with Crippen molar-refractivity contribution in [2.75, 3.05) is 6.54 Å². The highest BCUT2D eigenvalue weighted by atomic mass is 15.0. The number of hydrogen-bond donors (Lipinski definition) is 1. The van der Waals surface area contributed by atoms with Crippen LogP contribution in [0.4, 0.5) is 0 Å². The van der Waals surface area contributed by atoms with Gasteiger partial charge in [-0.3, -0.25) is 0 Å². The van der Waals surface area contributed by atoms with E-state index in [2.05, 4.69) is 204 Å². The first-order valence-electron chi connectivity index (χ1n) is 18.8. The number of dihydropyridines is 1. The van der Waals surface area contributed by atoms with Gasteiger partial charge in [0.1, 0.15) is 0 Å². The Morgan fingerprint density at radius 3 is 1.65 bits per heavy atom. The average molecular weight is 694 g/mol. The van der Waals surface area contributed by atoms with Gasteiger partial charge in [0, 0.05) is 56.6 Å². The summed E-state index contributed by atoms with van der Waals surface area (Å²) in [6.07, 6.45) is 13.1. The van der Waals surface area contributed by atoms with Gasteiger partial charge in [-0.2, -0.15) is 0 Å². The molecule has 0 spiro atoms. The Morgan fingerprint density at radius 1 is 0.537 bits per heavy atom. The Bertz CT molecular complexity index is 2940. The lowest BCUT2D eigenvalue weighted by molar-refractivity contribution is 0.990. The van der Waals surface area contributed by atoms with Crippen LogP contribution in [0.15, 0.2) is 176 Å². The van der Waals surface area contributed by atoms with Gasteiger partial charge in [0.25, 0.3) is 0 Å². The third kappa shape index (κ3) is 4.97. The molecule has 0 saturated carbocycles. The van der Waals surface area contributed by atoms with Crippen molar-refractivity contribution in [3.63, 3.8) is 0 Å². The molecule has 7 aromatic carbocycles. The quantitative estimate of drug-likeness (QED) is 0.136. The number of aromatic nitrogens is 2. The second-order valence-electron chi connectivity index (χ2n) is 14.1. The van der Waals surface area contributed by atoms with Gasteiger partial charge in [0.2, 0.25) is 0 Å². The number of nitrogens with one attached hydrogen (secondary N) is 1. The van der Waals surface area contributed by atoms with Crippen LogP contribution in [0, 0.1) is 6.92 Å². The maximum absolute atomic E-state index is 3.66. The molecule has 0 unspecified atom stereocenters. The summed E-state index contributed by atoms with van der Waals surface area (Å²) >= 11 is 0. The first kappa shape index (κ1) is 31.9. The second-order valence-corrected chi connectivity index (χ2v) is 14.1. The van der Waals surface area contributed by atoms with Gasteiger partial charge in [0.15, 0.2) is 0 Å². The zero-order valence-corrected chi connectivity index (χ0v) is 30.4. The molecule has 2 aromatic heterocycles. The van der Waals surface area contributed by atoms with Gasteiger partial charge in [-0.1, -0.05) is 140 Å². The second kappa shape index (κ2) is 13.0. The molecule has 3 heteroatoms. The number of rotatable bonds is 6. The summed E-state index contributed by atoms with van der Waals surface area (Å²) in [6, 6.07) is 53.2. The third-order valence-corrected chi connectivity index (χ3v) is 11.1. The highest BCUT2D eigenvalue weighted by molar-refractivity contribution is 6.19. The molecule has 1 N–H and O–H groups in total. The first-order chi connectivity index (χ1) is 26.7. The minimum absolute atomic E-state index is 0.767. The topological polar surface area (TPSA) is 21.9 Å². The number of nitrogens with zero attached hydrogens (tertiary/aromatic N) is 2. The third-order valence-electron chi connectivity index (χ3n) is 11.1. The van der Waals surface area contributed by atoms with E-state index in [4.69, 9.17) is 0 Å². The van der Waals surface area contributed by atoms with Gasteiger partial charge in [-0.05, 0) is 83.3 Å². The molecule has 0 aliphatic carbocycles. The van der Waals surface area contributed by atoms with E-state index in [1.54, 1.807) is 0 Å². The molecule has 0 amide bonds. The zero-order valence-electron chi connectivity index (χ0n) is 30.4. The van der Waals surface area contributed by atoms with E-state index < -0.39 is 0 Å². The van der Waals surface area contributed by atoms with Gasteiger partial charge < -0.3 is 14.5 Å². The van der Waals surface area contributed by atoms with Crippen molar-refractivity contribution in [2.24, 2.45) is 0 Å². The molecule has 1 aliphatic rings. The van der Waals surface area contributed by atoms with Crippen molar-refractivity contribution in [1.82, 2.24) is 14.5 Å². The predicted molar refractivity (Wildman–Crippen MR) is 232 cm³/mol. The van der Waals surface area contributed by atoms with Crippen LogP contribution in [0.2, 0.25) is 0 Å². The summed E-state index contributed by atoms with van der Waals surface area (Å²) < 4.78 is 4.86. The van der Waals surface area contributed by atoms with Crippen LogP contribution in [-0.2, 0) is 0 Å². The molecule has 0 saturated heterocycles. The van der Waals surface area contributed by atoms with Gasteiger partial charge in [-0.25, -0.2) is 0 Å². The molecule has 3 nitrogen and oxygen atoms in total. The SMILES string of the molecule is C/C=C\C=C/c1c(C)n(-c2ccc(C3=CC(c4c5ccccc5c(-n5c6ccccc6c6ccccc65)c5ccccc45)=CNC3)cc2)c2ccccc12. The number of hydrogen-bond acceptors (Lipinski definition) is 1. The minimum atomic E-state index is 0.767.